The second-order valence-electron chi connectivity index (χ2n) is 11.0. The monoisotopic (exact) mass is 616 g/mol. The molecule has 0 aromatic heterocycles. The molecule has 0 saturated carbocycles. The number of β-lactam (4-membered cyclic amide) rings is 1. The first-order valence-electron chi connectivity index (χ1n) is 14.5. The van der Waals surface area contributed by atoms with E-state index in [0.29, 0.717) is 37.5 Å². The number of amides is 4. The van der Waals surface area contributed by atoms with Gasteiger partial charge in [-0.05, 0) is 20.3 Å². The van der Waals surface area contributed by atoms with Gasteiger partial charge in [0.1, 0.15) is 18.9 Å². The number of aliphatic hydroxyl groups excluding tert-OH is 1. The van der Waals surface area contributed by atoms with Crippen molar-refractivity contribution < 1.29 is 38.6 Å². The molecule has 6 atom stereocenters. The van der Waals surface area contributed by atoms with Crippen LogP contribution in [0, 0.1) is 11.8 Å². The fraction of sp³-hybridized carbons (Fsp3) is 0.567. The molecule has 12 nitrogen and oxygen atoms in total. The van der Waals surface area contributed by atoms with E-state index in [4.69, 9.17) is 9.47 Å². The topological polar surface area (TPSA) is 137 Å². The number of piperazine rings is 1. The van der Waals surface area contributed by atoms with Gasteiger partial charge in [-0.15, -0.1) is 11.8 Å². The van der Waals surface area contributed by atoms with Gasteiger partial charge in [0.15, 0.2) is 0 Å². The van der Waals surface area contributed by atoms with Crippen LogP contribution in [0.25, 0.3) is 0 Å². The lowest BCUT2D eigenvalue weighted by Crippen LogP contribution is -2.63. The Labute approximate surface area is 256 Å². The van der Waals surface area contributed by atoms with Gasteiger partial charge >= 0.3 is 23.9 Å². The Morgan fingerprint density at radius 3 is 2.40 bits per heavy atom. The predicted molar refractivity (Wildman–Crippen MR) is 159 cm³/mol. The largest absolute Gasteiger partial charge is 0.457 e. The Balaban J connectivity index is 1.53. The van der Waals surface area contributed by atoms with Crippen LogP contribution < -0.4 is 0 Å². The van der Waals surface area contributed by atoms with E-state index >= 15 is 0 Å². The summed E-state index contributed by atoms with van der Waals surface area (Å²) in [5.74, 6) is -2.86. The summed E-state index contributed by atoms with van der Waals surface area (Å²) in [5, 5.41) is 10.1. The molecular weight excluding hydrogens is 576 g/mol. The van der Waals surface area contributed by atoms with Crippen LogP contribution in [0.2, 0.25) is 0 Å². The number of likely N-dealkylation sites (tertiary alicyclic amines) is 1. The van der Waals surface area contributed by atoms with Crippen LogP contribution in [0.3, 0.4) is 0 Å². The molecule has 234 valence electrons. The van der Waals surface area contributed by atoms with Crippen molar-refractivity contribution in [3.05, 3.63) is 48.1 Å². The van der Waals surface area contributed by atoms with E-state index in [2.05, 4.69) is 13.2 Å². The first kappa shape index (κ1) is 32.3. The average molecular weight is 617 g/mol. The number of nitrogens with zero attached hydrogens (tertiary/aromatic N) is 4. The molecule has 4 rings (SSSR count). The van der Waals surface area contributed by atoms with Gasteiger partial charge in [0.05, 0.1) is 24.1 Å². The number of carbonyl (C=O) groups is 5. The van der Waals surface area contributed by atoms with E-state index in [0.717, 1.165) is 0 Å². The molecular formula is C30H40N4O8S. The molecule has 4 aliphatic heterocycles. The number of ether oxygens (including phenoxy) is 2. The standard InChI is InChI=1S/C30H40N4O8S/c1-6-14-41-29(39)24-25(18(4)23-22(19(5)35)26(36)34(23)24)43-21-16-20(33(17-21)30(40)42-15-7-2)10-9-11-32-13-12-31(8-3)27(37)28(32)38/h6-7,9-10,18-23,35H,1-2,8,11-17H2,3-5H3/t18-,19-,20-,21+,22-,23-/m1/s1. The molecule has 0 aromatic carbocycles. The van der Waals surface area contributed by atoms with Crippen molar-refractivity contribution >= 4 is 41.5 Å². The molecule has 0 aliphatic carbocycles. The normalized spacial score (nSPS) is 27.9. The van der Waals surface area contributed by atoms with Crippen molar-refractivity contribution in [1.29, 1.82) is 0 Å². The third-order valence-electron chi connectivity index (χ3n) is 8.25. The fourth-order valence-electron chi connectivity index (χ4n) is 6.10. The number of carbonyl (C=O) groups excluding carboxylic acids is 5. The molecule has 3 saturated heterocycles. The number of esters is 1. The molecule has 4 heterocycles. The second-order valence-corrected chi connectivity index (χ2v) is 12.3. The molecule has 0 unspecified atom stereocenters. The summed E-state index contributed by atoms with van der Waals surface area (Å²) >= 11 is 1.43. The van der Waals surface area contributed by atoms with E-state index in [1.807, 2.05) is 19.9 Å². The van der Waals surface area contributed by atoms with E-state index < -0.39 is 35.9 Å². The Hall–Kier alpha value is -3.58. The van der Waals surface area contributed by atoms with Crippen LogP contribution in [0.4, 0.5) is 4.79 Å². The number of rotatable bonds is 12. The minimum absolute atomic E-state index is 0.0119. The van der Waals surface area contributed by atoms with Gasteiger partial charge in [-0.3, -0.25) is 14.4 Å². The van der Waals surface area contributed by atoms with Crippen molar-refractivity contribution in [2.75, 3.05) is 45.9 Å². The average Bonchev–Trinajstić information content (AvgIpc) is 3.49. The van der Waals surface area contributed by atoms with E-state index in [-0.39, 0.29) is 54.6 Å². The SMILES string of the molecule is C=CCOC(=O)C1=C(S[C@H]2C[C@@H](C=CCN3CCN(CC)C(=O)C3=O)N(C(=O)OCC=C)C2)[C@H](C)[C@@H]2[C@@H]([C@@H](C)O)C(=O)N12. The van der Waals surface area contributed by atoms with Crippen LogP contribution in [0.15, 0.2) is 48.1 Å². The van der Waals surface area contributed by atoms with Gasteiger partial charge in [0.2, 0.25) is 5.91 Å². The van der Waals surface area contributed by atoms with E-state index in [1.165, 1.54) is 38.6 Å². The fourth-order valence-corrected chi connectivity index (χ4v) is 7.64. The van der Waals surface area contributed by atoms with Gasteiger partial charge < -0.3 is 34.2 Å². The first-order valence-corrected chi connectivity index (χ1v) is 15.4. The third kappa shape index (κ3) is 6.37. The number of thioether (sulfide) groups is 1. The zero-order valence-corrected chi connectivity index (χ0v) is 25.7. The molecule has 3 fully saturated rings. The number of fused-ring (bicyclic) bond motifs is 1. The molecule has 0 aromatic rings. The molecule has 4 amide bonds. The van der Waals surface area contributed by atoms with Crippen LogP contribution in [0.5, 0.6) is 0 Å². The smallest absolute Gasteiger partial charge is 0.410 e. The summed E-state index contributed by atoms with van der Waals surface area (Å²) in [7, 11) is 0. The van der Waals surface area contributed by atoms with Crippen LogP contribution in [0.1, 0.15) is 27.2 Å². The number of hydrogen-bond donors (Lipinski definition) is 1. The van der Waals surface area contributed by atoms with Crippen molar-refractivity contribution in [2.24, 2.45) is 11.8 Å². The molecule has 1 N–H and O–H groups in total. The maximum absolute atomic E-state index is 13.1. The summed E-state index contributed by atoms with van der Waals surface area (Å²) in [6.45, 7) is 14.5. The maximum Gasteiger partial charge on any atom is 0.410 e. The number of hydrogen-bond acceptors (Lipinski definition) is 9. The highest BCUT2D eigenvalue weighted by atomic mass is 32.2. The molecule has 0 radical (unpaired) electrons. The van der Waals surface area contributed by atoms with Crippen LogP contribution in [-0.2, 0) is 28.7 Å². The summed E-state index contributed by atoms with van der Waals surface area (Å²) < 4.78 is 10.7. The maximum atomic E-state index is 13.1. The highest BCUT2D eigenvalue weighted by molar-refractivity contribution is 8.03. The minimum atomic E-state index is -0.866. The lowest BCUT2D eigenvalue weighted by Gasteiger charge is -2.46. The van der Waals surface area contributed by atoms with Crippen molar-refractivity contribution in [2.45, 2.75) is 50.6 Å². The van der Waals surface area contributed by atoms with Gasteiger partial charge in [0, 0.05) is 48.8 Å². The molecule has 43 heavy (non-hydrogen) atoms. The third-order valence-corrected chi connectivity index (χ3v) is 9.75. The molecule has 4 aliphatic rings. The zero-order chi connectivity index (χ0) is 31.4. The Kier molecular flexibility index (Phi) is 10.4. The van der Waals surface area contributed by atoms with Crippen molar-refractivity contribution in [1.82, 2.24) is 19.6 Å². The Morgan fingerprint density at radius 1 is 1.09 bits per heavy atom. The number of likely N-dealkylation sites (N-methyl/N-ethyl adjacent to an activating group) is 1. The summed E-state index contributed by atoms with van der Waals surface area (Å²) in [5.41, 5.74) is 0.181. The second kappa shape index (κ2) is 13.8. The molecule has 0 spiro atoms. The van der Waals surface area contributed by atoms with Gasteiger partial charge in [-0.1, -0.05) is 44.4 Å². The Bertz CT molecular complexity index is 1230. The van der Waals surface area contributed by atoms with E-state index in [9.17, 15) is 29.1 Å². The lowest BCUT2D eigenvalue weighted by atomic mass is 9.79. The highest BCUT2D eigenvalue weighted by Crippen LogP contribution is 2.52. The predicted octanol–water partition coefficient (Wildman–Crippen LogP) is 1.53. The first-order chi connectivity index (χ1) is 20.5. The van der Waals surface area contributed by atoms with Crippen LogP contribution in [-0.4, -0.2) is 124 Å². The molecule has 0 bridgehead atoms. The van der Waals surface area contributed by atoms with Gasteiger partial charge in [-0.25, -0.2) is 9.59 Å². The van der Waals surface area contributed by atoms with Crippen molar-refractivity contribution in [3.8, 4) is 0 Å². The van der Waals surface area contributed by atoms with Gasteiger partial charge in [-0.2, -0.15) is 0 Å². The number of aliphatic hydroxyl groups is 1. The highest BCUT2D eigenvalue weighted by Gasteiger charge is 2.60. The lowest BCUT2D eigenvalue weighted by molar-refractivity contribution is -0.164. The summed E-state index contributed by atoms with van der Waals surface area (Å²) in [4.78, 5) is 70.6. The van der Waals surface area contributed by atoms with Gasteiger partial charge in [0.25, 0.3) is 0 Å². The zero-order valence-electron chi connectivity index (χ0n) is 24.8. The van der Waals surface area contributed by atoms with Crippen LogP contribution >= 0.6 is 11.8 Å². The summed E-state index contributed by atoms with van der Waals surface area (Å²) in [6, 6.07) is -0.727. The summed E-state index contributed by atoms with van der Waals surface area (Å²) in [6.07, 6.45) is 5.69. The van der Waals surface area contributed by atoms with Crippen molar-refractivity contribution in [3.63, 3.8) is 0 Å². The Morgan fingerprint density at radius 2 is 1.74 bits per heavy atom. The van der Waals surface area contributed by atoms with E-state index in [1.54, 1.807) is 17.9 Å². The minimum Gasteiger partial charge on any atom is -0.457 e. The quantitative estimate of drug-likeness (QED) is 0.150. The molecule has 13 heteroatoms.